The molecule has 6 atom stereocenters. The molecular weight excluding hydrogens is 634 g/mol. The summed E-state index contributed by atoms with van der Waals surface area (Å²) in [4.78, 5) is 13.2. The van der Waals surface area contributed by atoms with Crippen LogP contribution in [0.25, 0.3) is 0 Å². The van der Waals surface area contributed by atoms with Gasteiger partial charge < -0.3 is 40.3 Å². The SMILES string of the molecule is CCCCCCCCCCCCCCCC(=O)NC(CO)(CCc1ccc(CCCCCCCC)cc1)CO[C@H]1O[C@H](CO)[C@H](O)[C@H](O)[C@H]1O. The maximum absolute atomic E-state index is 13.2. The second kappa shape index (κ2) is 27.1. The first kappa shape index (κ1) is 44.6. The van der Waals surface area contributed by atoms with Gasteiger partial charge in [0.2, 0.25) is 5.91 Å². The maximum Gasteiger partial charge on any atom is 0.220 e. The predicted molar refractivity (Wildman–Crippen MR) is 200 cm³/mol. The summed E-state index contributed by atoms with van der Waals surface area (Å²) >= 11 is 0. The number of carbonyl (C=O) groups is 1. The van der Waals surface area contributed by atoms with Crippen molar-refractivity contribution in [3.05, 3.63) is 35.4 Å². The van der Waals surface area contributed by atoms with Crippen LogP contribution in [0.2, 0.25) is 0 Å². The van der Waals surface area contributed by atoms with Crippen molar-refractivity contribution in [1.29, 1.82) is 0 Å². The number of ether oxygens (including phenoxy) is 2. The van der Waals surface area contributed by atoms with Gasteiger partial charge in [-0.2, -0.15) is 0 Å². The zero-order valence-electron chi connectivity index (χ0n) is 31.5. The van der Waals surface area contributed by atoms with Gasteiger partial charge in [0.15, 0.2) is 6.29 Å². The molecule has 9 nitrogen and oxygen atoms in total. The first-order valence-corrected chi connectivity index (χ1v) is 20.2. The lowest BCUT2D eigenvalue weighted by atomic mass is 9.91. The van der Waals surface area contributed by atoms with Crippen LogP contribution in [0.15, 0.2) is 24.3 Å². The highest BCUT2D eigenvalue weighted by Gasteiger charge is 2.45. The van der Waals surface area contributed by atoms with E-state index in [0.29, 0.717) is 19.3 Å². The van der Waals surface area contributed by atoms with Crippen molar-refractivity contribution < 1.29 is 39.8 Å². The van der Waals surface area contributed by atoms with Crippen LogP contribution in [-0.4, -0.2) is 87.5 Å². The van der Waals surface area contributed by atoms with Crippen LogP contribution < -0.4 is 5.32 Å². The van der Waals surface area contributed by atoms with Gasteiger partial charge in [-0.25, -0.2) is 0 Å². The van der Waals surface area contributed by atoms with Crippen LogP contribution in [0, 0.1) is 0 Å². The Kier molecular flexibility index (Phi) is 24.1. The molecule has 1 aliphatic rings. The number of benzene rings is 1. The minimum absolute atomic E-state index is 0.172. The van der Waals surface area contributed by atoms with Gasteiger partial charge in [0.25, 0.3) is 0 Å². The van der Waals surface area contributed by atoms with E-state index in [1.807, 2.05) is 0 Å². The Morgan fingerprint density at radius 2 is 1.16 bits per heavy atom. The number of unbranched alkanes of at least 4 members (excludes halogenated alkanes) is 17. The molecule has 1 aromatic carbocycles. The molecule has 50 heavy (non-hydrogen) atoms. The van der Waals surface area contributed by atoms with Crippen molar-refractivity contribution >= 4 is 5.91 Å². The number of amides is 1. The summed E-state index contributed by atoms with van der Waals surface area (Å²) in [6.07, 6.45) is 18.7. The van der Waals surface area contributed by atoms with Crippen LogP contribution >= 0.6 is 0 Å². The summed E-state index contributed by atoms with van der Waals surface area (Å²) in [5.74, 6) is -0.172. The largest absolute Gasteiger partial charge is 0.394 e. The molecule has 6 N–H and O–H groups in total. The summed E-state index contributed by atoms with van der Waals surface area (Å²) in [7, 11) is 0. The molecule has 1 fully saturated rings. The monoisotopic (exact) mass is 708 g/mol. The van der Waals surface area contributed by atoms with Crippen molar-refractivity contribution in [2.75, 3.05) is 19.8 Å². The van der Waals surface area contributed by atoms with E-state index in [-0.39, 0.29) is 12.5 Å². The number of hydrogen-bond acceptors (Lipinski definition) is 8. The van der Waals surface area contributed by atoms with Gasteiger partial charge in [0, 0.05) is 6.42 Å². The number of aryl methyl sites for hydroxylation is 2. The highest BCUT2D eigenvalue weighted by Crippen LogP contribution is 2.25. The Balaban J connectivity index is 1.88. The molecule has 1 saturated heterocycles. The molecule has 0 bridgehead atoms. The zero-order chi connectivity index (χ0) is 36.5. The second-order valence-electron chi connectivity index (χ2n) is 14.8. The fraction of sp³-hybridized carbons (Fsp3) is 0.829. The van der Waals surface area contributed by atoms with Crippen molar-refractivity contribution in [2.45, 2.75) is 198 Å². The minimum Gasteiger partial charge on any atom is -0.394 e. The van der Waals surface area contributed by atoms with Crippen molar-refractivity contribution in [3.63, 3.8) is 0 Å². The molecule has 0 aliphatic carbocycles. The maximum atomic E-state index is 13.2. The normalized spacial score (nSPS) is 22.0. The number of hydrogen-bond donors (Lipinski definition) is 6. The summed E-state index contributed by atoms with van der Waals surface area (Å²) in [6.45, 7) is 3.33. The molecule has 1 unspecified atom stereocenters. The quantitative estimate of drug-likeness (QED) is 0.0486. The molecule has 0 saturated carbocycles. The van der Waals surface area contributed by atoms with Crippen LogP contribution in [-0.2, 0) is 27.1 Å². The fourth-order valence-corrected chi connectivity index (χ4v) is 6.81. The third-order valence-corrected chi connectivity index (χ3v) is 10.3. The lowest BCUT2D eigenvalue weighted by Crippen LogP contribution is -2.61. The molecule has 1 aromatic rings. The van der Waals surface area contributed by atoms with Gasteiger partial charge in [-0.3, -0.25) is 4.79 Å². The lowest BCUT2D eigenvalue weighted by molar-refractivity contribution is -0.304. The molecule has 1 heterocycles. The number of nitrogens with one attached hydrogen (secondary N) is 1. The molecule has 2 rings (SSSR count). The number of aliphatic hydroxyl groups is 5. The van der Waals surface area contributed by atoms with E-state index in [4.69, 9.17) is 9.47 Å². The van der Waals surface area contributed by atoms with Gasteiger partial charge in [-0.1, -0.05) is 147 Å². The molecule has 290 valence electrons. The van der Waals surface area contributed by atoms with Crippen LogP contribution in [0.5, 0.6) is 0 Å². The topological polar surface area (TPSA) is 149 Å². The first-order chi connectivity index (χ1) is 24.3. The molecule has 0 spiro atoms. The van der Waals surface area contributed by atoms with E-state index in [2.05, 4.69) is 43.4 Å². The van der Waals surface area contributed by atoms with Crippen LogP contribution in [0.4, 0.5) is 0 Å². The van der Waals surface area contributed by atoms with Crippen LogP contribution in [0.3, 0.4) is 0 Å². The predicted octanol–water partition coefficient (Wildman–Crippen LogP) is 6.67. The zero-order valence-corrected chi connectivity index (χ0v) is 31.5. The third-order valence-electron chi connectivity index (χ3n) is 10.3. The molecule has 0 aromatic heterocycles. The van der Waals surface area contributed by atoms with E-state index >= 15 is 0 Å². The van der Waals surface area contributed by atoms with Gasteiger partial charge in [0.1, 0.15) is 24.4 Å². The lowest BCUT2D eigenvalue weighted by Gasteiger charge is -2.41. The summed E-state index contributed by atoms with van der Waals surface area (Å²) in [5, 5.41) is 54.2. The number of carbonyl (C=O) groups excluding carboxylic acids is 1. The summed E-state index contributed by atoms with van der Waals surface area (Å²) < 4.78 is 11.4. The van der Waals surface area contributed by atoms with Gasteiger partial charge in [-0.05, 0) is 43.2 Å². The first-order valence-electron chi connectivity index (χ1n) is 20.2. The molecule has 9 heteroatoms. The Bertz CT molecular complexity index is 976. The van der Waals surface area contributed by atoms with Gasteiger partial charge in [-0.15, -0.1) is 0 Å². The minimum atomic E-state index is -1.57. The number of rotatable bonds is 30. The Labute approximate surface area is 303 Å². The van der Waals surface area contributed by atoms with Crippen molar-refractivity contribution in [3.8, 4) is 0 Å². The molecule has 1 amide bonds. The van der Waals surface area contributed by atoms with Gasteiger partial charge in [0.05, 0.1) is 25.4 Å². The molecule has 1 aliphatic heterocycles. The highest BCUT2D eigenvalue weighted by atomic mass is 16.7. The Morgan fingerprint density at radius 1 is 0.680 bits per heavy atom. The smallest absolute Gasteiger partial charge is 0.220 e. The average Bonchev–Trinajstić information content (AvgIpc) is 3.13. The molecule has 0 radical (unpaired) electrons. The van der Waals surface area contributed by atoms with E-state index in [1.165, 1.54) is 108 Å². The third kappa shape index (κ3) is 17.8. The van der Waals surface area contributed by atoms with Crippen LogP contribution in [0.1, 0.15) is 160 Å². The van der Waals surface area contributed by atoms with E-state index in [9.17, 15) is 30.3 Å². The summed E-state index contributed by atoms with van der Waals surface area (Å²) in [5.41, 5.74) is 1.21. The van der Waals surface area contributed by atoms with E-state index in [1.54, 1.807) is 0 Å². The number of aliphatic hydroxyl groups excluding tert-OH is 5. The highest BCUT2D eigenvalue weighted by molar-refractivity contribution is 5.76. The van der Waals surface area contributed by atoms with Crippen molar-refractivity contribution in [1.82, 2.24) is 5.32 Å². The van der Waals surface area contributed by atoms with E-state index in [0.717, 1.165) is 31.2 Å². The Hall–Kier alpha value is -1.59. The summed E-state index contributed by atoms with van der Waals surface area (Å²) in [6, 6.07) is 8.50. The average molecular weight is 708 g/mol. The van der Waals surface area contributed by atoms with E-state index < -0.39 is 49.5 Å². The molecular formula is C41H73NO8. The van der Waals surface area contributed by atoms with Crippen molar-refractivity contribution in [2.24, 2.45) is 0 Å². The Morgan fingerprint density at radius 3 is 1.66 bits per heavy atom. The van der Waals surface area contributed by atoms with Gasteiger partial charge >= 0.3 is 0 Å². The standard InChI is InChI=1S/C41H73NO8/c1-3-5-7-9-11-12-13-14-15-16-17-19-21-23-36(45)42-41(31-44,32-49-40-39(48)38(47)37(46)35(30-43)50-40)29-28-34-26-24-33(25-27-34)22-20-18-10-8-6-4-2/h24-27,35,37-40,43-44,46-48H,3-23,28-32H2,1-2H3,(H,42,45)/t35-,37+,38+,39-,40+,41?/m1/s1. The second-order valence-corrected chi connectivity index (χ2v) is 14.8. The fourth-order valence-electron chi connectivity index (χ4n) is 6.81.